The lowest BCUT2D eigenvalue weighted by Gasteiger charge is -2.26. The standard InChI is InChI=1S/C18H13FN2O2/c1-23-17(22)15-16(21)11-6-2-3-7-12(11)18(15,10-20)13-8-4-5-9-14(13)19/h2-9H,21H2,1H3. The van der Waals surface area contributed by atoms with Gasteiger partial charge in [0.1, 0.15) is 11.2 Å². The Labute approximate surface area is 132 Å². The highest BCUT2D eigenvalue weighted by Crippen LogP contribution is 2.49. The number of nitriles is 1. The molecule has 1 aliphatic rings. The zero-order valence-electron chi connectivity index (χ0n) is 12.3. The summed E-state index contributed by atoms with van der Waals surface area (Å²) in [6, 6.07) is 14.8. The van der Waals surface area contributed by atoms with Gasteiger partial charge in [0.05, 0.1) is 24.4 Å². The van der Waals surface area contributed by atoms with Gasteiger partial charge in [0.25, 0.3) is 0 Å². The van der Waals surface area contributed by atoms with Crippen LogP contribution >= 0.6 is 0 Å². The summed E-state index contributed by atoms with van der Waals surface area (Å²) in [6.07, 6.45) is 0. The van der Waals surface area contributed by atoms with Gasteiger partial charge in [-0.25, -0.2) is 9.18 Å². The maximum absolute atomic E-state index is 14.5. The molecule has 2 aromatic carbocycles. The minimum Gasteiger partial charge on any atom is -0.466 e. The Morgan fingerprint density at radius 1 is 1.17 bits per heavy atom. The maximum Gasteiger partial charge on any atom is 0.338 e. The highest BCUT2D eigenvalue weighted by atomic mass is 19.1. The molecule has 2 aromatic rings. The normalized spacial score (nSPS) is 19.2. The Hall–Kier alpha value is -3.13. The number of carbonyl (C=O) groups excluding carboxylic acids is 1. The highest BCUT2D eigenvalue weighted by Gasteiger charge is 2.51. The molecule has 0 fully saturated rings. The zero-order valence-corrected chi connectivity index (χ0v) is 12.3. The molecular weight excluding hydrogens is 295 g/mol. The topological polar surface area (TPSA) is 76.1 Å². The number of methoxy groups -OCH3 is 1. The van der Waals surface area contributed by atoms with Gasteiger partial charge >= 0.3 is 5.97 Å². The van der Waals surface area contributed by atoms with Gasteiger partial charge in [0.2, 0.25) is 0 Å². The zero-order chi connectivity index (χ0) is 16.6. The lowest BCUT2D eigenvalue weighted by atomic mass is 9.72. The summed E-state index contributed by atoms with van der Waals surface area (Å²) in [5.41, 5.74) is 5.67. The molecule has 0 spiro atoms. The number of nitrogens with two attached hydrogens (primary N) is 1. The molecule has 0 amide bonds. The summed E-state index contributed by atoms with van der Waals surface area (Å²) in [7, 11) is 1.20. The smallest absolute Gasteiger partial charge is 0.338 e. The molecule has 4 nitrogen and oxygen atoms in total. The van der Waals surface area contributed by atoms with Gasteiger partial charge in [-0.3, -0.25) is 0 Å². The summed E-state index contributed by atoms with van der Waals surface area (Å²) in [5, 5.41) is 9.96. The Bertz CT molecular complexity index is 883. The van der Waals surface area contributed by atoms with Crippen molar-refractivity contribution in [1.29, 1.82) is 5.26 Å². The molecule has 0 aliphatic heterocycles. The largest absolute Gasteiger partial charge is 0.466 e. The second kappa shape index (κ2) is 5.25. The summed E-state index contributed by atoms with van der Waals surface area (Å²) >= 11 is 0. The molecule has 0 saturated heterocycles. The molecule has 0 aromatic heterocycles. The first-order valence-corrected chi connectivity index (χ1v) is 6.92. The van der Waals surface area contributed by atoms with Crippen LogP contribution in [0.1, 0.15) is 16.7 Å². The van der Waals surface area contributed by atoms with Crippen LogP contribution in [0.5, 0.6) is 0 Å². The molecule has 1 unspecified atom stereocenters. The molecule has 2 N–H and O–H groups in total. The van der Waals surface area contributed by atoms with Crippen molar-refractivity contribution in [3.63, 3.8) is 0 Å². The third kappa shape index (κ3) is 1.85. The fourth-order valence-electron chi connectivity index (χ4n) is 3.10. The van der Waals surface area contributed by atoms with Crippen molar-refractivity contribution in [3.05, 3.63) is 76.6 Å². The molecule has 0 heterocycles. The summed E-state index contributed by atoms with van der Waals surface area (Å²) in [4.78, 5) is 12.3. The van der Waals surface area contributed by atoms with Crippen molar-refractivity contribution >= 4 is 11.7 Å². The molecule has 114 valence electrons. The van der Waals surface area contributed by atoms with Crippen LogP contribution < -0.4 is 5.73 Å². The fourth-order valence-corrected chi connectivity index (χ4v) is 3.10. The van der Waals surface area contributed by atoms with Crippen molar-refractivity contribution in [2.24, 2.45) is 5.73 Å². The summed E-state index contributed by atoms with van der Waals surface area (Å²) < 4.78 is 19.3. The number of esters is 1. The van der Waals surface area contributed by atoms with Crippen LogP contribution in [0, 0.1) is 17.1 Å². The van der Waals surface area contributed by atoms with Gasteiger partial charge in [-0.1, -0.05) is 42.5 Å². The third-order valence-electron chi connectivity index (χ3n) is 4.10. The monoisotopic (exact) mass is 308 g/mol. The number of ether oxygens (including phenoxy) is 1. The molecule has 0 radical (unpaired) electrons. The van der Waals surface area contributed by atoms with Crippen LogP contribution in [0.4, 0.5) is 4.39 Å². The van der Waals surface area contributed by atoms with Crippen molar-refractivity contribution in [2.45, 2.75) is 5.41 Å². The van der Waals surface area contributed by atoms with Gasteiger partial charge in [-0.15, -0.1) is 0 Å². The predicted molar refractivity (Wildman–Crippen MR) is 82.4 cm³/mol. The number of nitrogens with zero attached hydrogens (tertiary/aromatic N) is 1. The minimum absolute atomic E-state index is 0.0474. The number of hydrogen-bond acceptors (Lipinski definition) is 4. The van der Waals surface area contributed by atoms with Crippen LogP contribution in [-0.4, -0.2) is 13.1 Å². The minimum atomic E-state index is -1.63. The van der Waals surface area contributed by atoms with Crippen LogP contribution in [0.15, 0.2) is 54.1 Å². The van der Waals surface area contributed by atoms with E-state index in [1.165, 1.54) is 25.3 Å². The van der Waals surface area contributed by atoms with Gasteiger partial charge in [-0.2, -0.15) is 5.26 Å². The molecule has 3 rings (SSSR count). The molecule has 1 aliphatic carbocycles. The Morgan fingerprint density at radius 2 is 1.78 bits per heavy atom. The van der Waals surface area contributed by atoms with E-state index in [-0.39, 0.29) is 16.8 Å². The van der Waals surface area contributed by atoms with E-state index in [4.69, 9.17) is 10.5 Å². The van der Waals surface area contributed by atoms with Crippen molar-refractivity contribution < 1.29 is 13.9 Å². The first-order valence-electron chi connectivity index (χ1n) is 6.92. The van der Waals surface area contributed by atoms with Gasteiger partial charge in [0, 0.05) is 11.1 Å². The van der Waals surface area contributed by atoms with E-state index >= 15 is 0 Å². The number of halogens is 1. The van der Waals surface area contributed by atoms with Gasteiger partial charge in [-0.05, 0) is 11.6 Å². The van der Waals surface area contributed by atoms with E-state index in [2.05, 4.69) is 6.07 Å². The summed E-state index contributed by atoms with van der Waals surface area (Å²) in [6.45, 7) is 0. The average Bonchev–Trinajstić information content (AvgIpc) is 2.84. The number of hydrogen-bond donors (Lipinski definition) is 1. The molecule has 1 atom stereocenters. The first-order chi connectivity index (χ1) is 11.1. The van der Waals surface area contributed by atoms with Crippen LogP contribution in [0.3, 0.4) is 0 Å². The van der Waals surface area contributed by atoms with Gasteiger partial charge < -0.3 is 10.5 Å². The van der Waals surface area contributed by atoms with E-state index < -0.39 is 17.2 Å². The van der Waals surface area contributed by atoms with Crippen LogP contribution in [0.2, 0.25) is 0 Å². The number of fused-ring (bicyclic) bond motifs is 1. The number of rotatable bonds is 2. The number of benzene rings is 2. The van der Waals surface area contributed by atoms with Crippen molar-refractivity contribution in [3.8, 4) is 6.07 Å². The van der Waals surface area contributed by atoms with Crippen molar-refractivity contribution in [1.82, 2.24) is 0 Å². The Morgan fingerprint density at radius 3 is 2.39 bits per heavy atom. The molecular formula is C18H13FN2O2. The van der Waals surface area contributed by atoms with Crippen molar-refractivity contribution in [2.75, 3.05) is 7.11 Å². The summed E-state index contributed by atoms with van der Waals surface area (Å²) in [5.74, 6) is -1.33. The van der Waals surface area contributed by atoms with E-state index in [1.807, 2.05) is 0 Å². The lowest BCUT2D eigenvalue weighted by Crippen LogP contribution is -2.32. The quantitative estimate of drug-likeness (QED) is 0.865. The SMILES string of the molecule is COC(=O)C1=C(N)c2ccccc2C1(C#N)c1ccccc1F. The Kier molecular flexibility index (Phi) is 3.38. The second-order valence-electron chi connectivity index (χ2n) is 5.17. The molecule has 23 heavy (non-hydrogen) atoms. The molecule has 0 saturated carbocycles. The first kappa shape index (κ1) is 14.8. The van der Waals surface area contributed by atoms with Gasteiger partial charge in [0.15, 0.2) is 0 Å². The van der Waals surface area contributed by atoms with E-state index in [9.17, 15) is 14.4 Å². The second-order valence-corrected chi connectivity index (χ2v) is 5.17. The average molecular weight is 308 g/mol. The molecule has 0 bridgehead atoms. The number of carbonyl (C=O) groups is 1. The van der Waals surface area contributed by atoms with Crippen LogP contribution in [0.25, 0.3) is 5.70 Å². The predicted octanol–water partition coefficient (Wildman–Crippen LogP) is 2.49. The van der Waals surface area contributed by atoms with E-state index in [1.54, 1.807) is 30.3 Å². The Balaban J connectivity index is 2.45. The van der Waals surface area contributed by atoms with E-state index in [0.29, 0.717) is 11.1 Å². The van der Waals surface area contributed by atoms with Crippen LogP contribution in [-0.2, 0) is 14.9 Å². The third-order valence-corrected chi connectivity index (χ3v) is 4.10. The lowest BCUT2D eigenvalue weighted by molar-refractivity contribution is -0.136. The molecule has 5 heteroatoms. The fraction of sp³-hybridized carbons (Fsp3) is 0.111. The van der Waals surface area contributed by atoms with E-state index in [0.717, 1.165) is 0 Å². The maximum atomic E-state index is 14.5. The highest BCUT2D eigenvalue weighted by molar-refractivity contribution is 6.05.